The van der Waals surface area contributed by atoms with Crippen LogP contribution < -0.4 is 21.4 Å². The summed E-state index contributed by atoms with van der Waals surface area (Å²) in [4.78, 5) is 5.39. The number of nitrogens with one attached hydrogen (secondary N) is 4. The average molecular weight is 307 g/mol. The van der Waals surface area contributed by atoms with Gasteiger partial charge in [0.15, 0.2) is 0 Å². The smallest absolute Gasteiger partial charge is 0.128 e. The van der Waals surface area contributed by atoms with Crippen molar-refractivity contribution in [3.05, 3.63) is 0 Å². The Balaban J connectivity index is 1.32. The molecule has 0 aromatic rings. The molecule has 6 nitrogen and oxygen atoms in total. The minimum atomic E-state index is 0.124. The van der Waals surface area contributed by atoms with E-state index in [1.54, 1.807) is 0 Å². The fourth-order valence-electron chi connectivity index (χ4n) is 3.90. The van der Waals surface area contributed by atoms with Gasteiger partial charge in [0, 0.05) is 6.54 Å². The molecule has 0 bridgehead atoms. The standard InChI is InChI=1S/C16H29N5O/c1-11-20-16(21-22-11)14-5-2-12(3-6-14)9-18-15-7-4-13(8-17)10-19-15/h11-16,18-21H,2-7,9-10H2,1H3. The predicted octanol–water partition coefficient (Wildman–Crippen LogP) is 1.03. The van der Waals surface area contributed by atoms with Crippen molar-refractivity contribution in [1.29, 1.82) is 5.26 Å². The molecule has 3 rings (SSSR count). The van der Waals surface area contributed by atoms with Crippen LogP contribution in [0.1, 0.15) is 45.4 Å². The third kappa shape index (κ3) is 4.18. The van der Waals surface area contributed by atoms with Gasteiger partial charge >= 0.3 is 0 Å². The quantitative estimate of drug-likeness (QED) is 0.621. The van der Waals surface area contributed by atoms with Gasteiger partial charge in [0.2, 0.25) is 0 Å². The molecular weight excluding hydrogens is 278 g/mol. The van der Waals surface area contributed by atoms with Crippen LogP contribution in [0.2, 0.25) is 0 Å². The zero-order valence-corrected chi connectivity index (χ0v) is 13.5. The van der Waals surface area contributed by atoms with Gasteiger partial charge in [0.1, 0.15) is 6.23 Å². The highest BCUT2D eigenvalue weighted by molar-refractivity contribution is 4.90. The second-order valence-electron chi connectivity index (χ2n) is 7.08. The summed E-state index contributed by atoms with van der Waals surface area (Å²) in [5.41, 5.74) is 3.12. The molecule has 2 heterocycles. The van der Waals surface area contributed by atoms with Gasteiger partial charge in [-0.05, 0) is 63.8 Å². The van der Waals surface area contributed by atoms with Crippen molar-refractivity contribution >= 4 is 0 Å². The predicted molar refractivity (Wildman–Crippen MR) is 84.2 cm³/mol. The Hall–Kier alpha value is -0.710. The zero-order chi connectivity index (χ0) is 15.4. The molecule has 1 aliphatic carbocycles. The highest BCUT2D eigenvalue weighted by Gasteiger charge is 2.32. The van der Waals surface area contributed by atoms with E-state index in [1.807, 2.05) is 6.92 Å². The molecule has 4 N–H and O–H groups in total. The number of nitriles is 1. The lowest BCUT2D eigenvalue weighted by atomic mass is 9.80. The molecule has 4 unspecified atom stereocenters. The molecule has 6 heteroatoms. The molecular formula is C16H29N5O. The number of nitrogens with zero attached hydrogens (tertiary/aromatic N) is 1. The first kappa shape index (κ1) is 16.2. The number of hydroxylamine groups is 1. The second-order valence-corrected chi connectivity index (χ2v) is 7.08. The molecule has 3 fully saturated rings. The molecule has 0 aromatic carbocycles. The molecule has 22 heavy (non-hydrogen) atoms. The van der Waals surface area contributed by atoms with E-state index in [9.17, 15) is 0 Å². The Morgan fingerprint density at radius 2 is 2.00 bits per heavy atom. The highest BCUT2D eigenvalue weighted by atomic mass is 16.7. The van der Waals surface area contributed by atoms with Crippen molar-refractivity contribution in [1.82, 2.24) is 21.4 Å². The topological polar surface area (TPSA) is 81.1 Å². The van der Waals surface area contributed by atoms with Crippen molar-refractivity contribution in [3.63, 3.8) is 0 Å². The van der Waals surface area contributed by atoms with Gasteiger partial charge in [0.05, 0.1) is 24.3 Å². The lowest BCUT2D eigenvalue weighted by Crippen LogP contribution is -2.49. The molecule has 0 radical (unpaired) electrons. The van der Waals surface area contributed by atoms with Crippen LogP contribution in [0.3, 0.4) is 0 Å². The number of hydrogen-bond acceptors (Lipinski definition) is 6. The molecule has 2 aliphatic heterocycles. The van der Waals surface area contributed by atoms with Crippen molar-refractivity contribution in [3.8, 4) is 6.07 Å². The minimum Gasteiger partial charge on any atom is -0.302 e. The normalized spacial score (nSPS) is 42.9. The third-order valence-electron chi connectivity index (χ3n) is 5.40. The van der Waals surface area contributed by atoms with Crippen LogP contribution in [-0.4, -0.2) is 31.6 Å². The van der Waals surface area contributed by atoms with E-state index in [-0.39, 0.29) is 12.1 Å². The van der Waals surface area contributed by atoms with E-state index in [2.05, 4.69) is 27.5 Å². The summed E-state index contributed by atoms with van der Waals surface area (Å²) >= 11 is 0. The number of piperidine rings is 1. The van der Waals surface area contributed by atoms with Crippen LogP contribution in [0.5, 0.6) is 0 Å². The monoisotopic (exact) mass is 307 g/mol. The highest BCUT2D eigenvalue weighted by Crippen LogP contribution is 2.31. The van der Waals surface area contributed by atoms with E-state index >= 15 is 0 Å². The third-order valence-corrected chi connectivity index (χ3v) is 5.40. The minimum absolute atomic E-state index is 0.124. The first-order valence-electron chi connectivity index (χ1n) is 8.78. The molecule has 0 aromatic heterocycles. The summed E-state index contributed by atoms with van der Waals surface area (Å²) in [7, 11) is 0. The van der Waals surface area contributed by atoms with Crippen LogP contribution in [0, 0.1) is 29.1 Å². The fourth-order valence-corrected chi connectivity index (χ4v) is 3.90. The molecule has 3 aliphatic rings. The van der Waals surface area contributed by atoms with Crippen LogP contribution in [0.15, 0.2) is 0 Å². The van der Waals surface area contributed by atoms with Gasteiger partial charge in [-0.25, -0.2) is 0 Å². The van der Waals surface area contributed by atoms with Crippen LogP contribution in [0.4, 0.5) is 0 Å². The Morgan fingerprint density at radius 3 is 2.59 bits per heavy atom. The Bertz CT molecular complexity index is 382. The Kier molecular flexibility index (Phi) is 5.66. The molecule has 0 spiro atoms. The maximum atomic E-state index is 8.91. The largest absolute Gasteiger partial charge is 0.302 e. The fraction of sp³-hybridized carbons (Fsp3) is 0.938. The SMILES string of the molecule is CC1NC(C2CCC(CNC3CCC(C#N)CN3)CC2)NO1. The van der Waals surface area contributed by atoms with Gasteiger partial charge in [-0.15, -0.1) is 0 Å². The van der Waals surface area contributed by atoms with Crippen LogP contribution in [0.25, 0.3) is 0 Å². The van der Waals surface area contributed by atoms with Crippen molar-refractivity contribution < 1.29 is 4.84 Å². The van der Waals surface area contributed by atoms with E-state index in [1.165, 1.54) is 25.7 Å². The summed E-state index contributed by atoms with van der Waals surface area (Å²) in [6.07, 6.45) is 8.05. The van der Waals surface area contributed by atoms with Crippen molar-refractivity contribution in [2.45, 2.75) is 64.0 Å². The van der Waals surface area contributed by atoms with Crippen LogP contribution >= 0.6 is 0 Å². The van der Waals surface area contributed by atoms with Gasteiger partial charge in [-0.3, -0.25) is 10.2 Å². The van der Waals surface area contributed by atoms with E-state index < -0.39 is 0 Å². The maximum absolute atomic E-state index is 8.91. The summed E-state index contributed by atoms with van der Waals surface area (Å²) in [6.45, 7) is 3.97. The van der Waals surface area contributed by atoms with Gasteiger partial charge in [0.25, 0.3) is 0 Å². The van der Waals surface area contributed by atoms with E-state index in [0.717, 1.165) is 31.8 Å². The molecule has 0 amide bonds. The van der Waals surface area contributed by atoms with Crippen molar-refractivity contribution in [2.24, 2.45) is 17.8 Å². The summed E-state index contributed by atoms with van der Waals surface area (Å²) in [5.74, 6) is 1.67. The second kappa shape index (κ2) is 7.71. The lowest BCUT2D eigenvalue weighted by molar-refractivity contribution is 0.0251. The molecule has 2 saturated heterocycles. The zero-order valence-electron chi connectivity index (χ0n) is 13.5. The van der Waals surface area contributed by atoms with Crippen molar-refractivity contribution in [2.75, 3.05) is 13.1 Å². The Labute approximate surface area is 133 Å². The molecule has 1 saturated carbocycles. The maximum Gasteiger partial charge on any atom is 0.128 e. The summed E-state index contributed by atoms with van der Waals surface area (Å²) < 4.78 is 0. The first-order valence-corrected chi connectivity index (χ1v) is 8.78. The number of hydrogen-bond donors (Lipinski definition) is 4. The average Bonchev–Trinajstić information content (AvgIpc) is 3.00. The first-order chi connectivity index (χ1) is 10.7. The molecule has 124 valence electrons. The van der Waals surface area contributed by atoms with Gasteiger partial charge in [-0.2, -0.15) is 10.7 Å². The lowest BCUT2D eigenvalue weighted by Gasteiger charge is -2.33. The van der Waals surface area contributed by atoms with E-state index in [0.29, 0.717) is 18.2 Å². The Morgan fingerprint density at radius 1 is 1.18 bits per heavy atom. The number of rotatable bonds is 4. The summed E-state index contributed by atoms with van der Waals surface area (Å²) in [6, 6.07) is 2.35. The molecule has 4 atom stereocenters. The summed E-state index contributed by atoms with van der Waals surface area (Å²) in [5, 5.41) is 19.5. The van der Waals surface area contributed by atoms with Gasteiger partial charge in [-0.1, -0.05) is 0 Å². The van der Waals surface area contributed by atoms with E-state index in [4.69, 9.17) is 10.1 Å². The van der Waals surface area contributed by atoms with Gasteiger partial charge < -0.3 is 10.6 Å². The van der Waals surface area contributed by atoms with Crippen LogP contribution in [-0.2, 0) is 4.84 Å².